The topological polar surface area (TPSA) is 37.3 Å². The van der Waals surface area contributed by atoms with Crippen LogP contribution in [-0.4, -0.2) is 11.1 Å². The van der Waals surface area contributed by atoms with Gasteiger partial charge in [0.1, 0.15) is 0 Å². The first-order chi connectivity index (χ1) is 7.33. The zero-order chi connectivity index (χ0) is 12.3. The van der Waals surface area contributed by atoms with Gasteiger partial charge in [0.25, 0.3) is 0 Å². The number of benzene rings is 1. The standard InChI is InChI=1S/C14H20O2/c1-10-5-6-11(2)12(9-10)14(3,4)8-7-13(15)16/h5-6,9H,7-8H2,1-4H3,(H,15,16). The molecule has 0 aromatic heterocycles. The van der Waals surface area contributed by atoms with Crippen LogP contribution in [0.3, 0.4) is 0 Å². The van der Waals surface area contributed by atoms with Gasteiger partial charge in [-0.3, -0.25) is 4.79 Å². The van der Waals surface area contributed by atoms with E-state index < -0.39 is 5.97 Å². The summed E-state index contributed by atoms with van der Waals surface area (Å²) in [7, 11) is 0. The van der Waals surface area contributed by atoms with E-state index in [0.29, 0.717) is 6.42 Å². The van der Waals surface area contributed by atoms with Crippen LogP contribution >= 0.6 is 0 Å². The molecule has 0 atom stereocenters. The van der Waals surface area contributed by atoms with Crippen molar-refractivity contribution in [3.8, 4) is 0 Å². The van der Waals surface area contributed by atoms with E-state index in [9.17, 15) is 4.79 Å². The van der Waals surface area contributed by atoms with Gasteiger partial charge in [0.2, 0.25) is 0 Å². The Hall–Kier alpha value is -1.31. The van der Waals surface area contributed by atoms with Gasteiger partial charge in [-0.05, 0) is 36.8 Å². The number of rotatable bonds is 4. The monoisotopic (exact) mass is 220 g/mol. The molecule has 2 nitrogen and oxygen atoms in total. The molecule has 1 rings (SSSR count). The molecule has 0 amide bonds. The van der Waals surface area contributed by atoms with E-state index in [4.69, 9.17) is 5.11 Å². The zero-order valence-electron chi connectivity index (χ0n) is 10.5. The first-order valence-electron chi connectivity index (χ1n) is 5.62. The van der Waals surface area contributed by atoms with Crippen LogP contribution in [0.25, 0.3) is 0 Å². The number of aryl methyl sites for hydroxylation is 2. The predicted octanol–water partition coefficient (Wildman–Crippen LogP) is 3.45. The number of aliphatic carboxylic acids is 1. The van der Waals surface area contributed by atoms with Crippen molar-refractivity contribution in [3.05, 3.63) is 34.9 Å². The third-order valence-electron chi connectivity index (χ3n) is 3.09. The molecule has 0 saturated heterocycles. The summed E-state index contributed by atoms with van der Waals surface area (Å²) in [6.07, 6.45) is 0.896. The molecule has 16 heavy (non-hydrogen) atoms. The van der Waals surface area contributed by atoms with Crippen molar-refractivity contribution in [1.29, 1.82) is 0 Å². The van der Waals surface area contributed by atoms with Crippen molar-refractivity contribution in [2.45, 2.75) is 46.0 Å². The number of hydrogen-bond acceptors (Lipinski definition) is 1. The fraction of sp³-hybridized carbons (Fsp3) is 0.500. The second-order valence-electron chi connectivity index (χ2n) is 5.10. The summed E-state index contributed by atoms with van der Waals surface area (Å²) in [4.78, 5) is 10.6. The summed E-state index contributed by atoms with van der Waals surface area (Å²) in [5, 5.41) is 8.75. The summed E-state index contributed by atoms with van der Waals surface area (Å²) < 4.78 is 0. The molecule has 0 radical (unpaired) electrons. The molecule has 1 aromatic rings. The van der Waals surface area contributed by atoms with Crippen LogP contribution in [0.4, 0.5) is 0 Å². The summed E-state index contributed by atoms with van der Waals surface area (Å²) in [5.41, 5.74) is 3.65. The molecular formula is C14H20O2. The minimum Gasteiger partial charge on any atom is -0.481 e. The Morgan fingerprint density at radius 1 is 1.31 bits per heavy atom. The largest absolute Gasteiger partial charge is 0.481 e. The Morgan fingerprint density at radius 2 is 1.94 bits per heavy atom. The first kappa shape index (κ1) is 12.8. The van der Waals surface area contributed by atoms with Gasteiger partial charge in [0.15, 0.2) is 0 Å². The van der Waals surface area contributed by atoms with Gasteiger partial charge in [0, 0.05) is 6.42 Å². The molecule has 0 aliphatic rings. The van der Waals surface area contributed by atoms with E-state index in [1.165, 1.54) is 16.7 Å². The highest BCUT2D eigenvalue weighted by Gasteiger charge is 2.23. The van der Waals surface area contributed by atoms with E-state index in [-0.39, 0.29) is 11.8 Å². The minimum atomic E-state index is -0.724. The van der Waals surface area contributed by atoms with Gasteiger partial charge in [-0.15, -0.1) is 0 Å². The maximum Gasteiger partial charge on any atom is 0.303 e. The number of carboxylic acids is 1. The molecule has 88 valence electrons. The van der Waals surface area contributed by atoms with E-state index in [2.05, 4.69) is 45.9 Å². The van der Waals surface area contributed by atoms with Crippen molar-refractivity contribution in [3.63, 3.8) is 0 Å². The number of hydrogen-bond donors (Lipinski definition) is 1. The Bertz CT molecular complexity index is 392. The Balaban J connectivity index is 2.96. The second-order valence-corrected chi connectivity index (χ2v) is 5.10. The molecule has 0 unspecified atom stereocenters. The third-order valence-corrected chi connectivity index (χ3v) is 3.09. The molecule has 1 N–H and O–H groups in total. The van der Waals surface area contributed by atoms with Crippen LogP contribution in [0.1, 0.15) is 43.4 Å². The molecular weight excluding hydrogens is 200 g/mol. The summed E-state index contributed by atoms with van der Waals surface area (Å²) in [6, 6.07) is 6.36. The minimum absolute atomic E-state index is 0.0749. The van der Waals surface area contributed by atoms with Gasteiger partial charge in [0.05, 0.1) is 0 Å². The SMILES string of the molecule is Cc1ccc(C)c(C(C)(C)CCC(=O)O)c1. The molecule has 0 heterocycles. The van der Waals surface area contributed by atoms with Gasteiger partial charge in [-0.25, -0.2) is 0 Å². The van der Waals surface area contributed by atoms with Crippen molar-refractivity contribution < 1.29 is 9.90 Å². The van der Waals surface area contributed by atoms with Crippen molar-refractivity contribution in [2.75, 3.05) is 0 Å². The fourth-order valence-electron chi connectivity index (χ4n) is 2.02. The van der Waals surface area contributed by atoms with E-state index in [1.807, 2.05) is 0 Å². The molecule has 0 fully saturated rings. The summed E-state index contributed by atoms with van der Waals surface area (Å²) >= 11 is 0. The van der Waals surface area contributed by atoms with Gasteiger partial charge in [-0.1, -0.05) is 37.6 Å². The Kier molecular flexibility index (Phi) is 3.74. The average Bonchev–Trinajstić information content (AvgIpc) is 2.19. The lowest BCUT2D eigenvalue weighted by Gasteiger charge is -2.27. The molecule has 1 aromatic carbocycles. The van der Waals surface area contributed by atoms with Crippen molar-refractivity contribution in [2.24, 2.45) is 0 Å². The molecule has 0 bridgehead atoms. The van der Waals surface area contributed by atoms with Crippen LogP contribution in [-0.2, 0) is 10.2 Å². The second kappa shape index (κ2) is 4.69. The molecule has 2 heteroatoms. The highest BCUT2D eigenvalue weighted by atomic mass is 16.4. The van der Waals surface area contributed by atoms with Crippen LogP contribution in [0.15, 0.2) is 18.2 Å². The van der Waals surface area contributed by atoms with Crippen LogP contribution in [0.2, 0.25) is 0 Å². The van der Waals surface area contributed by atoms with Crippen LogP contribution < -0.4 is 0 Å². The van der Waals surface area contributed by atoms with Crippen molar-refractivity contribution in [1.82, 2.24) is 0 Å². The smallest absolute Gasteiger partial charge is 0.303 e. The van der Waals surface area contributed by atoms with Crippen molar-refractivity contribution >= 4 is 5.97 Å². The quantitative estimate of drug-likeness (QED) is 0.843. The number of carboxylic acid groups (broad SMARTS) is 1. The van der Waals surface area contributed by atoms with E-state index in [1.54, 1.807) is 0 Å². The summed E-state index contributed by atoms with van der Waals surface area (Å²) in [5.74, 6) is -0.724. The zero-order valence-corrected chi connectivity index (χ0v) is 10.5. The lowest BCUT2D eigenvalue weighted by atomic mass is 9.78. The van der Waals surface area contributed by atoms with Crippen LogP contribution in [0.5, 0.6) is 0 Å². The van der Waals surface area contributed by atoms with Gasteiger partial charge in [-0.2, -0.15) is 0 Å². The highest BCUT2D eigenvalue weighted by Crippen LogP contribution is 2.31. The molecule has 0 saturated carbocycles. The predicted molar refractivity (Wildman–Crippen MR) is 65.8 cm³/mol. The summed E-state index contributed by atoms with van der Waals surface area (Å²) in [6.45, 7) is 8.36. The first-order valence-corrected chi connectivity index (χ1v) is 5.62. The molecule has 0 aliphatic carbocycles. The molecule has 0 spiro atoms. The maximum absolute atomic E-state index is 10.6. The van der Waals surface area contributed by atoms with Gasteiger partial charge < -0.3 is 5.11 Å². The Labute approximate surface area is 97.3 Å². The maximum atomic E-state index is 10.6. The van der Waals surface area contributed by atoms with E-state index >= 15 is 0 Å². The lowest BCUT2D eigenvalue weighted by molar-refractivity contribution is -0.137. The van der Waals surface area contributed by atoms with Crippen LogP contribution in [0, 0.1) is 13.8 Å². The Morgan fingerprint density at radius 3 is 2.50 bits per heavy atom. The van der Waals surface area contributed by atoms with Gasteiger partial charge >= 0.3 is 5.97 Å². The number of carbonyl (C=O) groups is 1. The fourth-order valence-corrected chi connectivity index (χ4v) is 2.02. The lowest BCUT2D eigenvalue weighted by Crippen LogP contribution is -2.20. The normalized spacial score (nSPS) is 11.5. The average molecular weight is 220 g/mol. The third kappa shape index (κ3) is 3.09. The van der Waals surface area contributed by atoms with E-state index in [0.717, 1.165) is 0 Å². The molecule has 0 aliphatic heterocycles. The highest BCUT2D eigenvalue weighted by molar-refractivity contribution is 5.66.